The summed E-state index contributed by atoms with van der Waals surface area (Å²) < 4.78 is 2.05. The van der Waals surface area contributed by atoms with Gasteiger partial charge in [-0.1, -0.05) is 11.6 Å². The monoisotopic (exact) mass is 305 g/mol. The predicted octanol–water partition coefficient (Wildman–Crippen LogP) is 2.02. The Morgan fingerprint density at radius 1 is 1.43 bits per heavy atom. The molecular weight excluding hydrogens is 290 g/mol. The molecule has 21 heavy (non-hydrogen) atoms. The van der Waals surface area contributed by atoms with Crippen LogP contribution in [0.1, 0.15) is 23.2 Å². The van der Waals surface area contributed by atoms with E-state index in [4.69, 9.17) is 11.6 Å². The maximum absolute atomic E-state index is 12.6. The van der Waals surface area contributed by atoms with Gasteiger partial charge in [-0.2, -0.15) is 0 Å². The van der Waals surface area contributed by atoms with Crippen molar-refractivity contribution >= 4 is 23.3 Å². The molecule has 0 unspecified atom stereocenters. The van der Waals surface area contributed by atoms with Gasteiger partial charge < -0.3 is 14.8 Å². The third kappa shape index (κ3) is 2.71. The van der Waals surface area contributed by atoms with E-state index in [-0.39, 0.29) is 11.6 Å². The summed E-state index contributed by atoms with van der Waals surface area (Å²) in [5, 5.41) is 3.46. The van der Waals surface area contributed by atoms with Crippen LogP contribution in [0.5, 0.6) is 0 Å². The highest BCUT2D eigenvalue weighted by Crippen LogP contribution is 2.20. The quantitative estimate of drug-likeness (QED) is 0.942. The second kappa shape index (κ2) is 5.73. The van der Waals surface area contributed by atoms with Crippen LogP contribution in [0.4, 0.5) is 5.82 Å². The van der Waals surface area contributed by atoms with E-state index in [0.29, 0.717) is 23.9 Å². The molecule has 6 nitrogen and oxygen atoms in total. The van der Waals surface area contributed by atoms with E-state index in [2.05, 4.69) is 15.3 Å². The SMILES string of the molecule is CCNc1ccc(Cl)c(C(=O)N2CCn3ccnc3C2)n1. The number of anilines is 1. The zero-order chi connectivity index (χ0) is 14.8. The van der Waals surface area contributed by atoms with Gasteiger partial charge in [-0.05, 0) is 19.1 Å². The van der Waals surface area contributed by atoms with Gasteiger partial charge in [0.05, 0.1) is 11.6 Å². The van der Waals surface area contributed by atoms with Crippen molar-refractivity contribution in [2.24, 2.45) is 0 Å². The second-order valence-electron chi connectivity index (χ2n) is 4.82. The highest BCUT2D eigenvalue weighted by Gasteiger charge is 2.25. The largest absolute Gasteiger partial charge is 0.370 e. The van der Waals surface area contributed by atoms with Gasteiger partial charge in [0.1, 0.15) is 17.3 Å². The number of hydrogen-bond acceptors (Lipinski definition) is 4. The molecule has 3 rings (SSSR count). The molecule has 0 aliphatic carbocycles. The number of fused-ring (bicyclic) bond motifs is 1. The van der Waals surface area contributed by atoms with Gasteiger partial charge in [0.15, 0.2) is 0 Å². The van der Waals surface area contributed by atoms with Crippen LogP contribution in [0.15, 0.2) is 24.5 Å². The molecule has 0 saturated heterocycles. The Morgan fingerprint density at radius 2 is 2.29 bits per heavy atom. The molecule has 1 N–H and O–H groups in total. The molecular formula is C14H16ClN5O. The number of hydrogen-bond donors (Lipinski definition) is 1. The lowest BCUT2D eigenvalue weighted by Crippen LogP contribution is -2.38. The number of carbonyl (C=O) groups is 1. The summed E-state index contributed by atoms with van der Waals surface area (Å²) in [4.78, 5) is 22.9. The van der Waals surface area contributed by atoms with Crippen LogP contribution in [0.3, 0.4) is 0 Å². The molecule has 0 fully saturated rings. The Hall–Kier alpha value is -2.08. The van der Waals surface area contributed by atoms with Crippen molar-refractivity contribution in [2.75, 3.05) is 18.4 Å². The molecule has 2 aromatic rings. The lowest BCUT2D eigenvalue weighted by Gasteiger charge is -2.27. The molecule has 0 radical (unpaired) electrons. The van der Waals surface area contributed by atoms with E-state index in [1.54, 1.807) is 23.2 Å². The Kier molecular flexibility index (Phi) is 3.79. The highest BCUT2D eigenvalue weighted by molar-refractivity contribution is 6.33. The summed E-state index contributed by atoms with van der Waals surface area (Å²) in [6, 6.07) is 3.47. The van der Waals surface area contributed by atoms with Crippen LogP contribution in [0.25, 0.3) is 0 Å². The first-order valence-electron chi connectivity index (χ1n) is 6.88. The maximum Gasteiger partial charge on any atom is 0.274 e. The topological polar surface area (TPSA) is 63.1 Å². The smallest absolute Gasteiger partial charge is 0.274 e. The Morgan fingerprint density at radius 3 is 3.10 bits per heavy atom. The average Bonchev–Trinajstić information content (AvgIpc) is 2.96. The van der Waals surface area contributed by atoms with Gasteiger partial charge in [0, 0.05) is 32.0 Å². The van der Waals surface area contributed by atoms with Crippen LogP contribution in [-0.2, 0) is 13.1 Å². The van der Waals surface area contributed by atoms with Crippen molar-refractivity contribution in [2.45, 2.75) is 20.0 Å². The summed E-state index contributed by atoms with van der Waals surface area (Å²) in [6.07, 6.45) is 3.68. The lowest BCUT2D eigenvalue weighted by atomic mass is 10.2. The molecule has 0 bridgehead atoms. The molecule has 3 heterocycles. The molecule has 0 saturated carbocycles. The molecule has 110 valence electrons. The fourth-order valence-corrected chi connectivity index (χ4v) is 2.55. The van der Waals surface area contributed by atoms with E-state index in [9.17, 15) is 4.79 Å². The van der Waals surface area contributed by atoms with Crippen molar-refractivity contribution in [1.29, 1.82) is 0 Å². The normalized spacial score (nSPS) is 13.9. The zero-order valence-electron chi connectivity index (χ0n) is 11.7. The Bertz CT molecular complexity index is 669. The number of imidazole rings is 1. The summed E-state index contributed by atoms with van der Waals surface area (Å²) in [7, 11) is 0. The molecule has 0 atom stereocenters. The molecule has 7 heteroatoms. The number of pyridine rings is 1. The zero-order valence-corrected chi connectivity index (χ0v) is 12.5. The van der Waals surface area contributed by atoms with Crippen molar-refractivity contribution in [3.8, 4) is 0 Å². The number of carbonyl (C=O) groups excluding carboxylic acids is 1. The minimum atomic E-state index is -0.158. The Labute approximate surface area is 127 Å². The van der Waals surface area contributed by atoms with Crippen LogP contribution in [0.2, 0.25) is 5.02 Å². The van der Waals surface area contributed by atoms with E-state index in [1.165, 1.54) is 0 Å². The van der Waals surface area contributed by atoms with E-state index >= 15 is 0 Å². The molecule has 1 aliphatic heterocycles. The fraction of sp³-hybridized carbons (Fsp3) is 0.357. The lowest BCUT2D eigenvalue weighted by molar-refractivity contribution is 0.0702. The minimum absolute atomic E-state index is 0.158. The van der Waals surface area contributed by atoms with Gasteiger partial charge in [-0.25, -0.2) is 9.97 Å². The van der Waals surface area contributed by atoms with E-state index in [0.717, 1.165) is 18.9 Å². The number of nitrogens with one attached hydrogen (secondary N) is 1. The van der Waals surface area contributed by atoms with Crippen molar-refractivity contribution in [1.82, 2.24) is 19.4 Å². The molecule has 2 aromatic heterocycles. The van der Waals surface area contributed by atoms with Crippen LogP contribution >= 0.6 is 11.6 Å². The first-order chi connectivity index (χ1) is 10.2. The van der Waals surface area contributed by atoms with E-state index < -0.39 is 0 Å². The number of aromatic nitrogens is 3. The second-order valence-corrected chi connectivity index (χ2v) is 5.23. The predicted molar refractivity (Wildman–Crippen MR) is 80.4 cm³/mol. The number of halogens is 1. The third-order valence-corrected chi connectivity index (χ3v) is 3.74. The summed E-state index contributed by atoms with van der Waals surface area (Å²) in [6.45, 7) is 4.57. The van der Waals surface area contributed by atoms with E-state index in [1.807, 2.05) is 17.7 Å². The molecule has 1 amide bonds. The first-order valence-corrected chi connectivity index (χ1v) is 7.26. The first kappa shape index (κ1) is 13.9. The van der Waals surface area contributed by atoms with Crippen LogP contribution in [0, 0.1) is 0 Å². The van der Waals surface area contributed by atoms with Crippen molar-refractivity contribution in [3.63, 3.8) is 0 Å². The summed E-state index contributed by atoms with van der Waals surface area (Å²) in [5.74, 6) is 1.38. The van der Waals surface area contributed by atoms with Gasteiger partial charge in [0.2, 0.25) is 0 Å². The standard InChI is InChI=1S/C14H16ClN5O/c1-2-16-11-4-3-10(15)13(18-11)14(21)20-8-7-19-6-5-17-12(19)9-20/h3-6H,2,7-9H2,1H3,(H,16,18). The van der Waals surface area contributed by atoms with Crippen molar-refractivity contribution in [3.05, 3.63) is 41.1 Å². The third-order valence-electron chi connectivity index (χ3n) is 3.44. The van der Waals surface area contributed by atoms with Gasteiger partial charge in [-0.15, -0.1) is 0 Å². The summed E-state index contributed by atoms with van der Waals surface area (Å²) >= 11 is 6.13. The number of rotatable bonds is 3. The molecule has 0 aromatic carbocycles. The minimum Gasteiger partial charge on any atom is -0.370 e. The molecule has 0 spiro atoms. The van der Waals surface area contributed by atoms with Gasteiger partial charge in [0.25, 0.3) is 5.91 Å². The Balaban J connectivity index is 1.84. The summed E-state index contributed by atoms with van der Waals surface area (Å²) in [5.41, 5.74) is 0.287. The van der Waals surface area contributed by atoms with Gasteiger partial charge in [-0.3, -0.25) is 4.79 Å². The van der Waals surface area contributed by atoms with Gasteiger partial charge >= 0.3 is 0 Å². The fourth-order valence-electron chi connectivity index (χ4n) is 2.37. The number of amides is 1. The van der Waals surface area contributed by atoms with Crippen LogP contribution < -0.4 is 5.32 Å². The maximum atomic E-state index is 12.6. The average molecular weight is 306 g/mol. The van der Waals surface area contributed by atoms with Crippen molar-refractivity contribution < 1.29 is 4.79 Å². The molecule has 1 aliphatic rings. The number of nitrogens with zero attached hydrogens (tertiary/aromatic N) is 4. The highest BCUT2D eigenvalue weighted by atomic mass is 35.5. The van der Waals surface area contributed by atoms with Crippen LogP contribution in [-0.4, -0.2) is 38.4 Å².